The molecule has 35 heavy (non-hydrogen) atoms. The first kappa shape index (κ1) is 30.4. The second kappa shape index (κ2) is 15.4. The Morgan fingerprint density at radius 1 is 0.971 bits per heavy atom. The molecular weight excluding hydrogens is 495 g/mol. The Kier molecular flexibility index (Phi) is 13.3. The molecule has 0 amide bonds. The lowest BCUT2D eigenvalue weighted by atomic mass is 10.1. The summed E-state index contributed by atoms with van der Waals surface area (Å²) in [4.78, 5) is 11.3. The maximum atomic E-state index is 11.3. The van der Waals surface area contributed by atoms with Crippen molar-refractivity contribution in [1.29, 1.82) is 0 Å². The molecule has 0 aromatic heterocycles. The maximum absolute atomic E-state index is 11.3. The number of carbonyl (C=O) groups excluding carboxylic acids is 1. The molecule has 2 N–H and O–H groups in total. The zero-order valence-electron chi connectivity index (χ0n) is 20.9. The molecule has 0 fully saturated rings. The fourth-order valence-corrected chi connectivity index (χ4v) is 3.55. The van der Waals surface area contributed by atoms with E-state index < -0.39 is 6.23 Å². The number of esters is 1. The number of methoxy groups -OCH3 is 4. The van der Waals surface area contributed by atoms with Crippen molar-refractivity contribution in [2.75, 3.05) is 41.5 Å². The minimum absolute atomic E-state index is 0. The molecular formula is C25H34Cl2N2O6. The summed E-state index contributed by atoms with van der Waals surface area (Å²) in [5.74, 6) is 2.32. The fraction of sp³-hybridized carbons (Fsp3) is 0.400. The lowest BCUT2D eigenvalue weighted by molar-refractivity contribution is -0.146. The Morgan fingerprint density at radius 3 is 2.14 bits per heavy atom. The molecule has 0 saturated heterocycles. The van der Waals surface area contributed by atoms with Crippen LogP contribution in [0.25, 0.3) is 6.08 Å². The summed E-state index contributed by atoms with van der Waals surface area (Å²) in [7, 11) is 6.42. The first-order chi connectivity index (χ1) is 16.3. The van der Waals surface area contributed by atoms with Gasteiger partial charge in [-0.05, 0) is 36.8 Å². The number of rotatable bonds is 13. The SMILES string of the molecule is COc1cc(OC)c(CNC/C(=C\c2cc(Cl)ccc2OC)CNC(C)OC(C)=O)c(OC)c1.Cl. The quantitative estimate of drug-likeness (QED) is 0.291. The molecule has 194 valence electrons. The van der Waals surface area contributed by atoms with Gasteiger partial charge >= 0.3 is 5.97 Å². The minimum atomic E-state index is -0.441. The molecule has 2 rings (SSSR count). The molecule has 2 aromatic rings. The summed E-state index contributed by atoms with van der Waals surface area (Å²) in [6, 6.07) is 9.07. The molecule has 1 unspecified atom stereocenters. The van der Waals surface area contributed by atoms with Crippen molar-refractivity contribution in [2.45, 2.75) is 26.6 Å². The number of hydrogen-bond acceptors (Lipinski definition) is 8. The lowest BCUT2D eigenvalue weighted by Crippen LogP contribution is -2.33. The van der Waals surface area contributed by atoms with Crippen LogP contribution in [-0.2, 0) is 16.1 Å². The Hall–Kier alpha value is -2.65. The zero-order chi connectivity index (χ0) is 25.1. The van der Waals surface area contributed by atoms with E-state index >= 15 is 0 Å². The third-order valence-corrected chi connectivity index (χ3v) is 5.22. The van der Waals surface area contributed by atoms with Crippen molar-refractivity contribution in [3.8, 4) is 23.0 Å². The Bertz CT molecular complexity index is 975. The first-order valence-electron chi connectivity index (χ1n) is 10.7. The third-order valence-electron chi connectivity index (χ3n) is 4.98. The van der Waals surface area contributed by atoms with Gasteiger partial charge in [-0.2, -0.15) is 0 Å². The predicted octanol–water partition coefficient (Wildman–Crippen LogP) is 4.47. The van der Waals surface area contributed by atoms with Crippen molar-refractivity contribution in [3.05, 3.63) is 52.1 Å². The second-order valence-electron chi connectivity index (χ2n) is 7.44. The van der Waals surface area contributed by atoms with E-state index in [4.69, 9.17) is 35.3 Å². The van der Waals surface area contributed by atoms with E-state index in [0.29, 0.717) is 47.7 Å². The number of halogens is 2. The monoisotopic (exact) mass is 528 g/mol. The average Bonchev–Trinajstić information content (AvgIpc) is 2.81. The summed E-state index contributed by atoms with van der Waals surface area (Å²) in [6.07, 6.45) is 1.55. The van der Waals surface area contributed by atoms with E-state index in [0.717, 1.165) is 16.7 Å². The Labute approximate surface area is 218 Å². The molecule has 10 heteroatoms. The average molecular weight is 529 g/mol. The highest BCUT2D eigenvalue weighted by molar-refractivity contribution is 6.30. The van der Waals surface area contributed by atoms with Gasteiger partial charge < -0.3 is 29.0 Å². The molecule has 0 saturated carbocycles. The molecule has 0 aliphatic rings. The third kappa shape index (κ3) is 9.49. The van der Waals surface area contributed by atoms with E-state index in [9.17, 15) is 4.79 Å². The van der Waals surface area contributed by atoms with Crippen molar-refractivity contribution in [3.63, 3.8) is 0 Å². The van der Waals surface area contributed by atoms with Crippen LogP contribution in [0, 0.1) is 0 Å². The van der Waals surface area contributed by atoms with Gasteiger partial charge in [-0.1, -0.05) is 11.6 Å². The van der Waals surface area contributed by atoms with Gasteiger partial charge in [-0.3, -0.25) is 10.1 Å². The summed E-state index contributed by atoms with van der Waals surface area (Å²) < 4.78 is 27.1. The number of hydrogen-bond donors (Lipinski definition) is 2. The molecule has 0 aliphatic carbocycles. The Balaban J connectivity index is 0.00000612. The van der Waals surface area contributed by atoms with E-state index in [-0.39, 0.29) is 18.4 Å². The number of nitrogens with one attached hydrogen (secondary N) is 2. The van der Waals surface area contributed by atoms with Gasteiger partial charge in [0.05, 0.1) is 34.0 Å². The molecule has 0 aliphatic heterocycles. The van der Waals surface area contributed by atoms with Crippen molar-refractivity contribution < 1.29 is 28.5 Å². The molecule has 2 aromatic carbocycles. The maximum Gasteiger partial charge on any atom is 0.304 e. The summed E-state index contributed by atoms with van der Waals surface area (Å²) in [5, 5.41) is 7.24. The fourth-order valence-electron chi connectivity index (χ4n) is 3.37. The Morgan fingerprint density at radius 2 is 1.60 bits per heavy atom. The van der Waals surface area contributed by atoms with E-state index in [2.05, 4.69) is 10.6 Å². The van der Waals surface area contributed by atoms with Gasteiger partial charge in [0, 0.05) is 49.3 Å². The van der Waals surface area contributed by atoms with Gasteiger partial charge in [0.2, 0.25) is 0 Å². The highest BCUT2D eigenvalue weighted by Crippen LogP contribution is 2.34. The van der Waals surface area contributed by atoms with Gasteiger partial charge in [-0.25, -0.2) is 0 Å². The molecule has 0 radical (unpaired) electrons. The number of benzene rings is 2. The standard InChI is InChI=1S/C25H33ClN2O6.ClH/c1-16(34-17(2)29)28-14-18(9-19-10-20(26)7-8-23(19)31-4)13-27-15-22-24(32-5)11-21(30-3)12-25(22)33-6;/h7-12,16,27-28H,13-15H2,1-6H3;1H/b18-9+;. The molecule has 0 spiro atoms. The van der Waals surface area contributed by atoms with Crippen LogP contribution >= 0.6 is 24.0 Å². The highest BCUT2D eigenvalue weighted by atomic mass is 35.5. The van der Waals surface area contributed by atoms with Gasteiger partial charge in [-0.15, -0.1) is 12.4 Å². The van der Waals surface area contributed by atoms with Crippen molar-refractivity contribution in [2.24, 2.45) is 0 Å². The second-order valence-corrected chi connectivity index (χ2v) is 7.87. The minimum Gasteiger partial charge on any atom is -0.496 e. The van der Waals surface area contributed by atoms with Crippen LogP contribution in [0.1, 0.15) is 25.0 Å². The normalized spacial score (nSPS) is 11.8. The van der Waals surface area contributed by atoms with Gasteiger partial charge in [0.1, 0.15) is 23.0 Å². The van der Waals surface area contributed by atoms with Crippen LogP contribution in [0.4, 0.5) is 0 Å². The van der Waals surface area contributed by atoms with Crippen molar-refractivity contribution in [1.82, 2.24) is 10.6 Å². The first-order valence-corrected chi connectivity index (χ1v) is 11.1. The largest absolute Gasteiger partial charge is 0.496 e. The zero-order valence-corrected chi connectivity index (χ0v) is 22.5. The van der Waals surface area contributed by atoms with E-state index in [1.807, 2.05) is 30.3 Å². The molecule has 0 bridgehead atoms. The smallest absolute Gasteiger partial charge is 0.304 e. The van der Waals surface area contributed by atoms with E-state index in [1.165, 1.54) is 6.92 Å². The molecule has 1 atom stereocenters. The van der Waals surface area contributed by atoms with Crippen LogP contribution in [0.2, 0.25) is 5.02 Å². The summed E-state index contributed by atoms with van der Waals surface area (Å²) in [5.41, 5.74) is 2.70. The number of ether oxygens (including phenoxy) is 5. The van der Waals surface area contributed by atoms with Crippen LogP contribution < -0.4 is 29.6 Å². The van der Waals surface area contributed by atoms with Crippen LogP contribution in [0.3, 0.4) is 0 Å². The highest BCUT2D eigenvalue weighted by Gasteiger charge is 2.14. The molecule has 8 nitrogen and oxygen atoms in total. The van der Waals surface area contributed by atoms with Gasteiger partial charge in [0.25, 0.3) is 0 Å². The van der Waals surface area contributed by atoms with Crippen LogP contribution in [0.15, 0.2) is 35.9 Å². The predicted molar refractivity (Wildman–Crippen MR) is 140 cm³/mol. The van der Waals surface area contributed by atoms with Crippen LogP contribution in [-0.4, -0.2) is 53.7 Å². The van der Waals surface area contributed by atoms with Gasteiger partial charge in [0.15, 0.2) is 6.23 Å². The van der Waals surface area contributed by atoms with E-state index in [1.54, 1.807) is 41.4 Å². The molecule has 0 heterocycles. The summed E-state index contributed by atoms with van der Waals surface area (Å²) in [6.45, 7) is 4.63. The van der Waals surface area contributed by atoms with Crippen LogP contribution in [0.5, 0.6) is 23.0 Å². The number of carbonyl (C=O) groups is 1. The lowest BCUT2D eigenvalue weighted by Gasteiger charge is -2.18. The van der Waals surface area contributed by atoms with Crippen molar-refractivity contribution >= 4 is 36.1 Å². The summed E-state index contributed by atoms with van der Waals surface area (Å²) >= 11 is 6.21. The topological polar surface area (TPSA) is 87.3 Å².